The van der Waals surface area contributed by atoms with Gasteiger partial charge in [0.25, 0.3) is 10.0 Å². The van der Waals surface area contributed by atoms with Gasteiger partial charge in [0, 0.05) is 17.0 Å². The van der Waals surface area contributed by atoms with Crippen LogP contribution in [0.1, 0.15) is 31.6 Å². The first-order valence-electron chi connectivity index (χ1n) is 5.94. The lowest BCUT2D eigenvalue weighted by molar-refractivity contribution is -0.383. The highest BCUT2D eigenvalue weighted by molar-refractivity contribution is 7.89. The molecule has 8 heteroatoms. The summed E-state index contributed by atoms with van der Waals surface area (Å²) in [5, 5.41) is 10.7. The Bertz CT molecular complexity index is 619. The average molecular weight is 304 g/mol. The average Bonchev–Trinajstić information content (AvgIpc) is 2.81. The van der Waals surface area contributed by atoms with Crippen molar-refractivity contribution in [3.05, 3.63) is 21.1 Å². The fraction of sp³-hybridized carbons (Fsp3) is 0.636. The molecule has 0 saturated carbocycles. The Morgan fingerprint density at radius 1 is 1.47 bits per heavy atom. The van der Waals surface area contributed by atoms with Crippen molar-refractivity contribution in [2.45, 2.75) is 44.0 Å². The highest BCUT2D eigenvalue weighted by Crippen LogP contribution is 2.40. The molecule has 0 N–H and O–H groups in total. The molecule has 0 atom stereocenters. The second-order valence-electron chi connectivity index (χ2n) is 5.28. The highest BCUT2D eigenvalue weighted by atomic mass is 32.2. The Balaban J connectivity index is 2.54. The van der Waals surface area contributed by atoms with Gasteiger partial charge in [-0.3, -0.25) is 10.1 Å². The van der Waals surface area contributed by atoms with E-state index in [4.69, 9.17) is 0 Å². The van der Waals surface area contributed by atoms with Gasteiger partial charge in [-0.1, -0.05) is 11.3 Å². The molecule has 2 rings (SSSR count). The Morgan fingerprint density at radius 2 is 2.11 bits per heavy atom. The van der Waals surface area contributed by atoms with E-state index in [1.54, 1.807) is 6.92 Å². The number of rotatable bonds is 3. The van der Waals surface area contributed by atoms with E-state index in [1.165, 1.54) is 10.4 Å². The molecule has 1 fully saturated rings. The third-order valence-electron chi connectivity index (χ3n) is 3.36. The first-order chi connectivity index (χ1) is 8.66. The molecule has 106 valence electrons. The number of nitro groups is 1. The van der Waals surface area contributed by atoms with Gasteiger partial charge in [-0.2, -0.15) is 4.31 Å². The van der Waals surface area contributed by atoms with E-state index < -0.39 is 20.5 Å². The summed E-state index contributed by atoms with van der Waals surface area (Å²) in [5.74, 6) is 0. The van der Waals surface area contributed by atoms with Gasteiger partial charge in [0.1, 0.15) is 0 Å². The summed E-state index contributed by atoms with van der Waals surface area (Å²) in [4.78, 5) is 10.8. The van der Waals surface area contributed by atoms with E-state index in [0.29, 0.717) is 11.4 Å². The number of nitrogens with zero attached hydrogens (tertiary/aromatic N) is 2. The van der Waals surface area contributed by atoms with Crippen LogP contribution in [0.4, 0.5) is 5.00 Å². The lowest BCUT2D eigenvalue weighted by Crippen LogP contribution is -2.42. The molecule has 6 nitrogen and oxygen atoms in total. The smallest absolute Gasteiger partial charge is 0.258 e. The van der Waals surface area contributed by atoms with Crippen molar-refractivity contribution in [3.63, 3.8) is 0 Å². The van der Waals surface area contributed by atoms with E-state index in [1.807, 2.05) is 13.8 Å². The molecule has 1 aromatic rings. The van der Waals surface area contributed by atoms with Gasteiger partial charge < -0.3 is 0 Å². The van der Waals surface area contributed by atoms with Crippen molar-refractivity contribution < 1.29 is 13.3 Å². The van der Waals surface area contributed by atoms with Crippen LogP contribution in [0.25, 0.3) is 0 Å². The Kier molecular flexibility index (Phi) is 3.44. The summed E-state index contributed by atoms with van der Waals surface area (Å²) in [7, 11) is -3.80. The van der Waals surface area contributed by atoms with Crippen LogP contribution in [0.3, 0.4) is 0 Å². The number of aryl methyl sites for hydroxylation is 1. The standard InChI is InChI=1S/C11H16N2O4S2/c1-8-7-9(10(18-8)13(14)15)19(16,17)12-6-4-5-11(12,2)3/h7H,4-6H2,1-3H3. The van der Waals surface area contributed by atoms with Crippen LogP contribution in [0.5, 0.6) is 0 Å². The Hall–Kier alpha value is -0.990. The molecule has 2 heterocycles. The molecular weight excluding hydrogens is 288 g/mol. The molecule has 1 aliphatic heterocycles. The summed E-state index contributed by atoms with van der Waals surface area (Å²) in [6.07, 6.45) is 1.55. The van der Waals surface area contributed by atoms with E-state index in [9.17, 15) is 18.5 Å². The van der Waals surface area contributed by atoms with Gasteiger partial charge in [0.2, 0.25) is 0 Å². The van der Waals surface area contributed by atoms with Crippen LogP contribution < -0.4 is 0 Å². The van der Waals surface area contributed by atoms with E-state index in [-0.39, 0.29) is 9.90 Å². The molecule has 0 bridgehead atoms. The first-order valence-corrected chi connectivity index (χ1v) is 8.19. The van der Waals surface area contributed by atoms with E-state index in [2.05, 4.69) is 0 Å². The van der Waals surface area contributed by atoms with Crippen molar-refractivity contribution in [3.8, 4) is 0 Å². The molecule has 0 radical (unpaired) electrons. The van der Waals surface area contributed by atoms with Crippen molar-refractivity contribution in [2.24, 2.45) is 0 Å². The lowest BCUT2D eigenvalue weighted by atomic mass is 10.0. The third kappa shape index (κ3) is 2.39. The van der Waals surface area contributed by atoms with Crippen LogP contribution in [0, 0.1) is 17.0 Å². The minimum Gasteiger partial charge on any atom is -0.258 e. The van der Waals surface area contributed by atoms with Gasteiger partial charge in [-0.25, -0.2) is 8.42 Å². The molecular formula is C11H16N2O4S2. The van der Waals surface area contributed by atoms with Crippen molar-refractivity contribution in [2.75, 3.05) is 6.54 Å². The largest absolute Gasteiger partial charge is 0.344 e. The lowest BCUT2D eigenvalue weighted by Gasteiger charge is -2.29. The van der Waals surface area contributed by atoms with Crippen molar-refractivity contribution in [1.29, 1.82) is 0 Å². The molecule has 0 unspecified atom stereocenters. The number of hydrogen-bond donors (Lipinski definition) is 0. The number of thiophene rings is 1. The first kappa shape index (κ1) is 14.4. The van der Waals surface area contributed by atoms with Gasteiger partial charge in [0.15, 0.2) is 4.90 Å². The second kappa shape index (κ2) is 4.53. The summed E-state index contributed by atoms with van der Waals surface area (Å²) in [6, 6.07) is 1.40. The van der Waals surface area contributed by atoms with Crippen LogP contribution in [-0.4, -0.2) is 29.7 Å². The van der Waals surface area contributed by atoms with Crippen LogP contribution >= 0.6 is 11.3 Å². The normalized spacial score (nSPS) is 19.7. The molecule has 0 aromatic carbocycles. The summed E-state index contributed by atoms with van der Waals surface area (Å²) >= 11 is 0.903. The van der Waals surface area contributed by atoms with Gasteiger partial charge in [0.05, 0.1) is 4.92 Å². The van der Waals surface area contributed by atoms with E-state index in [0.717, 1.165) is 24.2 Å². The third-order valence-corrected chi connectivity index (χ3v) is 6.62. The predicted octanol–water partition coefficient (Wildman–Crippen LogP) is 2.53. The zero-order valence-corrected chi connectivity index (χ0v) is 12.7. The van der Waals surface area contributed by atoms with Crippen LogP contribution in [-0.2, 0) is 10.0 Å². The maximum absolute atomic E-state index is 12.6. The minimum atomic E-state index is -3.80. The SMILES string of the molecule is Cc1cc(S(=O)(=O)N2CCCC2(C)C)c([N+](=O)[O-])s1. The van der Waals surface area contributed by atoms with Crippen molar-refractivity contribution >= 4 is 26.4 Å². The molecule has 1 aliphatic rings. The topological polar surface area (TPSA) is 80.5 Å². The maximum Gasteiger partial charge on any atom is 0.344 e. The monoisotopic (exact) mass is 304 g/mol. The van der Waals surface area contributed by atoms with E-state index >= 15 is 0 Å². The Labute approximate surface area is 116 Å². The minimum absolute atomic E-state index is 0.171. The quantitative estimate of drug-likeness (QED) is 0.635. The molecule has 0 amide bonds. The highest BCUT2D eigenvalue weighted by Gasteiger charge is 2.44. The number of hydrogen-bond acceptors (Lipinski definition) is 5. The summed E-state index contributed by atoms with van der Waals surface area (Å²) < 4.78 is 26.6. The molecule has 0 aliphatic carbocycles. The molecule has 1 saturated heterocycles. The molecule has 19 heavy (non-hydrogen) atoms. The van der Waals surface area contributed by atoms with Gasteiger partial charge in [-0.15, -0.1) is 0 Å². The maximum atomic E-state index is 12.6. The molecule has 1 aromatic heterocycles. The van der Waals surface area contributed by atoms with Crippen LogP contribution in [0.15, 0.2) is 11.0 Å². The second-order valence-corrected chi connectivity index (χ2v) is 8.34. The van der Waals surface area contributed by atoms with Crippen LogP contribution in [0.2, 0.25) is 0 Å². The fourth-order valence-electron chi connectivity index (χ4n) is 2.44. The Morgan fingerprint density at radius 3 is 2.58 bits per heavy atom. The zero-order chi connectivity index (χ0) is 14.4. The van der Waals surface area contributed by atoms with Gasteiger partial charge in [-0.05, 0) is 39.7 Å². The fourth-order valence-corrected chi connectivity index (χ4v) is 5.64. The van der Waals surface area contributed by atoms with Crippen molar-refractivity contribution in [1.82, 2.24) is 4.31 Å². The summed E-state index contributed by atoms with van der Waals surface area (Å²) in [5.41, 5.74) is -0.484. The predicted molar refractivity (Wildman–Crippen MR) is 72.9 cm³/mol. The van der Waals surface area contributed by atoms with Gasteiger partial charge >= 0.3 is 5.00 Å². The summed E-state index contributed by atoms with van der Waals surface area (Å²) in [6.45, 7) is 5.79. The zero-order valence-electron chi connectivity index (χ0n) is 11.0. The molecule has 0 spiro atoms. The number of sulfonamides is 1.